The third-order valence-electron chi connectivity index (χ3n) is 3.50. The fraction of sp³-hybridized carbons (Fsp3) is 0.800. The minimum absolute atomic E-state index is 0.177. The van der Waals surface area contributed by atoms with Crippen molar-refractivity contribution in [2.24, 2.45) is 0 Å². The molecule has 1 N–H and O–H groups in total. The van der Waals surface area contributed by atoms with Crippen molar-refractivity contribution in [1.82, 2.24) is 10.2 Å². The molecular formula is C10H14ClN3O2. The van der Waals surface area contributed by atoms with Gasteiger partial charge < -0.3 is 14.4 Å². The summed E-state index contributed by atoms with van der Waals surface area (Å²) in [6.45, 7) is 0. The number of rotatable bonds is 2. The Hall–Kier alpha value is -0.810. The molecule has 16 heavy (non-hydrogen) atoms. The van der Waals surface area contributed by atoms with E-state index in [2.05, 4.69) is 15.1 Å². The highest BCUT2D eigenvalue weighted by molar-refractivity contribution is 6.16. The highest BCUT2D eigenvalue weighted by atomic mass is 35.5. The number of aromatic nitrogens is 2. The highest BCUT2D eigenvalue weighted by Gasteiger charge is 2.42. The molecule has 0 aromatic carbocycles. The van der Waals surface area contributed by atoms with Gasteiger partial charge in [-0.1, -0.05) is 5.10 Å². The van der Waals surface area contributed by atoms with Gasteiger partial charge in [-0.2, -0.15) is 0 Å². The van der Waals surface area contributed by atoms with Crippen molar-refractivity contribution in [2.45, 2.75) is 49.8 Å². The van der Waals surface area contributed by atoms with E-state index in [4.69, 9.17) is 16.0 Å². The van der Waals surface area contributed by atoms with Gasteiger partial charge in [0.15, 0.2) is 0 Å². The van der Waals surface area contributed by atoms with E-state index in [9.17, 15) is 5.11 Å². The monoisotopic (exact) mass is 243 g/mol. The van der Waals surface area contributed by atoms with Crippen molar-refractivity contribution in [2.75, 3.05) is 4.90 Å². The smallest absolute Gasteiger partial charge is 0.318 e. The highest BCUT2D eigenvalue weighted by Crippen LogP contribution is 2.38. The van der Waals surface area contributed by atoms with Crippen LogP contribution in [0.4, 0.5) is 6.01 Å². The van der Waals surface area contributed by atoms with Crippen molar-refractivity contribution < 1.29 is 9.52 Å². The molecule has 0 aliphatic carbocycles. The van der Waals surface area contributed by atoms with Crippen LogP contribution < -0.4 is 4.90 Å². The van der Waals surface area contributed by atoms with Crippen molar-refractivity contribution in [1.29, 1.82) is 0 Å². The van der Waals surface area contributed by atoms with E-state index in [0.717, 1.165) is 25.7 Å². The quantitative estimate of drug-likeness (QED) is 0.794. The number of hydrogen-bond donors (Lipinski definition) is 1. The van der Waals surface area contributed by atoms with Gasteiger partial charge >= 0.3 is 6.01 Å². The molecule has 5 nitrogen and oxygen atoms in total. The van der Waals surface area contributed by atoms with Crippen LogP contribution in [-0.4, -0.2) is 33.5 Å². The van der Waals surface area contributed by atoms with Crippen LogP contribution in [0.2, 0.25) is 0 Å². The summed E-state index contributed by atoms with van der Waals surface area (Å²) in [5.74, 6) is 0.709. The predicted octanol–water partition coefficient (Wildman–Crippen LogP) is 1.30. The lowest BCUT2D eigenvalue weighted by Gasteiger charge is -2.35. The Labute approximate surface area is 98.4 Å². The second-order valence-electron chi connectivity index (χ2n) is 4.53. The van der Waals surface area contributed by atoms with Gasteiger partial charge in [0.1, 0.15) is 5.88 Å². The van der Waals surface area contributed by atoms with Gasteiger partial charge in [0, 0.05) is 12.1 Å². The van der Waals surface area contributed by atoms with Gasteiger partial charge in [-0.05, 0) is 25.7 Å². The van der Waals surface area contributed by atoms with E-state index in [1.54, 1.807) is 0 Å². The number of fused-ring (bicyclic) bond motifs is 2. The summed E-state index contributed by atoms with van der Waals surface area (Å²) >= 11 is 5.64. The molecule has 0 spiro atoms. The average molecular weight is 244 g/mol. The summed E-state index contributed by atoms with van der Waals surface area (Å²) in [5, 5.41) is 17.6. The molecular weight excluding hydrogens is 230 g/mol. The third kappa shape index (κ3) is 1.58. The minimum Gasteiger partial charge on any atom is -0.407 e. The molecule has 2 aliphatic rings. The molecule has 1 aromatic rings. The standard InChI is InChI=1S/C10H14ClN3O2/c11-5-9-12-13-10(16-9)14-6-1-2-7(14)4-8(15)3-6/h6-8,15H,1-5H2. The zero-order valence-corrected chi connectivity index (χ0v) is 9.60. The van der Waals surface area contributed by atoms with Crippen molar-refractivity contribution in [3.8, 4) is 0 Å². The number of nitrogens with zero attached hydrogens (tertiary/aromatic N) is 3. The maximum atomic E-state index is 9.69. The lowest BCUT2D eigenvalue weighted by Crippen LogP contribution is -2.45. The molecule has 1 aromatic heterocycles. The minimum atomic E-state index is -0.177. The zero-order valence-electron chi connectivity index (χ0n) is 8.84. The van der Waals surface area contributed by atoms with Crippen LogP contribution in [0.1, 0.15) is 31.6 Å². The molecule has 3 rings (SSSR count). The molecule has 88 valence electrons. The van der Waals surface area contributed by atoms with E-state index in [0.29, 0.717) is 24.0 Å². The SMILES string of the molecule is OC1CC2CCC(C1)N2c1nnc(CCl)o1. The molecule has 3 heterocycles. The van der Waals surface area contributed by atoms with Gasteiger partial charge in [0.25, 0.3) is 0 Å². The normalized spacial score (nSPS) is 33.4. The number of piperidine rings is 1. The van der Waals surface area contributed by atoms with Crippen molar-refractivity contribution in [3.05, 3.63) is 5.89 Å². The topological polar surface area (TPSA) is 62.4 Å². The molecule has 0 saturated carbocycles. The molecule has 2 saturated heterocycles. The van der Waals surface area contributed by atoms with Crippen LogP contribution in [-0.2, 0) is 5.88 Å². The Morgan fingerprint density at radius 3 is 2.56 bits per heavy atom. The first kappa shape index (κ1) is 10.4. The number of hydrogen-bond acceptors (Lipinski definition) is 5. The summed E-state index contributed by atoms with van der Waals surface area (Å²) in [5.41, 5.74) is 0. The Morgan fingerprint density at radius 2 is 2.00 bits per heavy atom. The second-order valence-corrected chi connectivity index (χ2v) is 4.80. The molecule has 2 aliphatic heterocycles. The molecule has 2 unspecified atom stereocenters. The van der Waals surface area contributed by atoms with Gasteiger partial charge in [-0.3, -0.25) is 0 Å². The largest absolute Gasteiger partial charge is 0.407 e. The lowest BCUT2D eigenvalue weighted by molar-refractivity contribution is 0.124. The molecule has 0 radical (unpaired) electrons. The van der Waals surface area contributed by atoms with Crippen LogP contribution >= 0.6 is 11.6 Å². The summed E-state index contributed by atoms with van der Waals surface area (Å²) < 4.78 is 5.48. The number of anilines is 1. The van der Waals surface area contributed by atoms with Crippen molar-refractivity contribution in [3.63, 3.8) is 0 Å². The van der Waals surface area contributed by atoms with E-state index in [-0.39, 0.29) is 12.0 Å². The van der Waals surface area contributed by atoms with Gasteiger partial charge in [-0.25, -0.2) is 0 Å². The summed E-state index contributed by atoms with van der Waals surface area (Å²) in [7, 11) is 0. The number of halogens is 1. The van der Waals surface area contributed by atoms with Gasteiger partial charge in [-0.15, -0.1) is 16.7 Å². The Bertz CT molecular complexity index is 370. The fourth-order valence-corrected chi connectivity index (χ4v) is 2.97. The van der Waals surface area contributed by atoms with Crippen LogP contribution in [0.3, 0.4) is 0 Å². The Balaban J connectivity index is 1.85. The number of alkyl halides is 1. The zero-order chi connectivity index (χ0) is 11.1. The van der Waals surface area contributed by atoms with Crippen LogP contribution in [0.25, 0.3) is 0 Å². The third-order valence-corrected chi connectivity index (χ3v) is 3.73. The maximum absolute atomic E-state index is 9.69. The molecule has 0 amide bonds. The van der Waals surface area contributed by atoms with E-state index in [1.807, 2.05) is 0 Å². The Kier molecular flexibility index (Phi) is 2.52. The van der Waals surface area contributed by atoms with E-state index in [1.165, 1.54) is 0 Å². The Morgan fingerprint density at radius 1 is 1.31 bits per heavy atom. The van der Waals surface area contributed by atoms with Crippen LogP contribution in [0.5, 0.6) is 0 Å². The number of aliphatic hydroxyl groups excluding tert-OH is 1. The second kappa shape index (κ2) is 3.89. The van der Waals surface area contributed by atoms with E-state index < -0.39 is 0 Å². The fourth-order valence-electron chi connectivity index (χ4n) is 2.86. The molecule has 2 atom stereocenters. The summed E-state index contributed by atoms with van der Waals surface area (Å²) in [4.78, 5) is 2.16. The maximum Gasteiger partial charge on any atom is 0.318 e. The molecule has 2 fully saturated rings. The first-order valence-corrected chi connectivity index (χ1v) is 6.16. The van der Waals surface area contributed by atoms with E-state index >= 15 is 0 Å². The van der Waals surface area contributed by atoms with Gasteiger partial charge in [0.2, 0.25) is 5.89 Å². The van der Waals surface area contributed by atoms with Crippen molar-refractivity contribution >= 4 is 17.6 Å². The predicted molar refractivity (Wildman–Crippen MR) is 58.4 cm³/mol. The average Bonchev–Trinajstić information content (AvgIpc) is 2.81. The summed E-state index contributed by atoms with van der Waals surface area (Å²) in [6, 6.07) is 1.25. The first-order chi connectivity index (χ1) is 7.78. The van der Waals surface area contributed by atoms with Gasteiger partial charge in [0.05, 0.1) is 6.10 Å². The molecule has 2 bridgehead atoms. The lowest BCUT2D eigenvalue weighted by atomic mass is 10.0. The number of aliphatic hydroxyl groups is 1. The van der Waals surface area contributed by atoms with Crippen LogP contribution in [0.15, 0.2) is 4.42 Å². The molecule has 6 heteroatoms. The summed E-state index contributed by atoms with van der Waals surface area (Å²) in [6.07, 6.45) is 3.62. The van der Waals surface area contributed by atoms with Crippen LogP contribution in [0, 0.1) is 0 Å². The first-order valence-electron chi connectivity index (χ1n) is 5.62.